The van der Waals surface area contributed by atoms with Crippen molar-refractivity contribution in [3.8, 4) is 6.19 Å². The summed E-state index contributed by atoms with van der Waals surface area (Å²) in [6, 6.07) is 7.95. The summed E-state index contributed by atoms with van der Waals surface area (Å²) < 4.78 is 5.84. The van der Waals surface area contributed by atoms with Crippen LogP contribution in [0.1, 0.15) is 47.4 Å². The van der Waals surface area contributed by atoms with Crippen molar-refractivity contribution in [2.24, 2.45) is 0 Å². The van der Waals surface area contributed by atoms with Crippen LogP contribution in [0.15, 0.2) is 61.6 Å². The molecule has 9 nitrogen and oxygen atoms in total. The summed E-state index contributed by atoms with van der Waals surface area (Å²) in [5, 5.41) is 20.6. The normalized spacial score (nSPS) is 14.5. The highest BCUT2D eigenvalue weighted by Crippen LogP contribution is 2.39. The molecule has 1 atom stereocenters. The van der Waals surface area contributed by atoms with Gasteiger partial charge in [0.1, 0.15) is 11.8 Å². The van der Waals surface area contributed by atoms with Crippen LogP contribution in [0.25, 0.3) is 11.2 Å². The molecule has 5 aromatic heterocycles. The lowest BCUT2D eigenvalue weighted by molar-refractivity contribution is 0.492. The number of halogens is 1. The number of nitrogens with zero attached hydrogens (tertiary/aromatic N) is 7. The van der Waals surface area contributed by atoms with E-state index in [2.05, 4.69) is 49.6 Å². The first-order valence-electron chi connectivity index (χ1n) is 11.2. The molecule has 1 unspecified atom stereocenters. The van der Waals surface area contributed by atoms with Crippen LogP contribution in [0, 0.1) is 11.5 Å². The highest BCUT2D eigenvalue weighted by atomic mass is 35.5. The Morgan fingerprint density at radius 3 is 2.94 bits per heavy atom. The van der Waals surface area contributed by atoms with E-state index in [4.69, 9.17) is 16.6 Å². The third kappa shape index (κ3) is 4.09. The average molecular weight is 472 g/mol. The van der Waals surface area contributed by atoms with Crippen molar-refractivity contribution in [1.29, 1.82) is 5.26 Å². The van der Waals surface area contributed by atoms with Gasteiger partial charge in [-0.15, -0.1) is 0 Å². The zero-order chi connectivity index (χ0) is 23.1. The van der Waals surface area contributed by atoms with Gasteiger partial charge in [0.25, 0.3) is 0 Å². The Labute approximate surface area is 200 Å². The van der Waals surface area contributed by atoms with E-state index in [1.807, 2.05) is 39.8 Å². The minimum absolute atomic E-state index is 0.406. The van der Waals surface area contributed by atoms with Crippen molar-refractivity contribution >= 4 is 22.8 Å². The molecular weight excluding hydrogens is 450 g/mol. The highest BCUT2D eigenvalue weighted by molar-refractivity contribution is 6.30. The second kappa shape index (κ2) is 8.48. The van der Waals surface area contributed by atoms with Crippen molar-refractivity contribution in [1.82, 2.24) is 39.2 Å². The van der Waals surface area contributed by atoms with E-state index < -0.39 is 6.17 Å². The predicted octanol–water partition coefficient (Wildman–Crippen LogP) is 3.62. The zero-order valence-corrected chi connectivity index (χ0v) is 19.0. The molecule has 10 heteroatoms. The molecule has 0 spiro atoms. The van der Waals surface area contributed by atoms with Gasteiger partial charge in [-0.25, -0.2) is 9.97 Å². The molecule has 34 heavy (non-hydrogen) atoms. The molecule has 0 saturated heterocycles. The molecule has 170 valence electrons. The van der Waals surface area contributed by atoms with E-state index in [1.165, 1.54) is 18.4 Å². The molecule has 1 fully saturated rings. The Morgan fingerprint density at radius 1 is 1.18 bits per heavy atom. The molecule has 0 radical (unpaired) electrons. The number of hydrogen-bond donors (Lipinski definition) is 2. The second-order valence-corrected chi connectivity index (χ2v) is 9.04. The lowest BCUT2D eigenvalue weighted by Crippen LogP contribution is -2.31. The van der Waals surface area contributed by atoms with Gasteiger partial charge in [0, 0.05) is 41.9 Å². The van der Waals surface area contributed by atoms with Crippen LogP contribution in [0.4, 0.5) is 0 Å². The number of nitriles is 1. The Balaban J connectivity index is 1.17. The van der Waals surface area contributed by atoms with Crippen molar-refractivity contribution in [3.63, 3.8) is 0 Å². The number of rotatable bonds is 8. The van der Waals surface area contributed by atoms with Crippen molar-refractivity contribution < 1.29 is 0 Å². The van der Waals surface area contributed by atoms with Crippen LogP contribution in [-0.4, -0.2) is 28.5 Å². The molecular formula is C24H22ClN9. The molecule has 0 amide bonds. The first-order valence-corrected chi connectivity index (χ1v) is 11.5. The minimum Gasteiger partial charge on any atom is -0.306 e. The maximum Gasteiger partial charge on any atom is 0.178 e. The highest BCUT2D eigenvalue weighted by Gasteiger charge is 2.23. The number of fused-ring (bicyclic) bond motifs is 2. The Kier molecular flexibility index (Phi) is 5.17. The molecule has 6 rings (SSSR count). The minimum atomic E-state index is -0.406. The van der Waals surface area contributed by atoms with E-state index in [-0.39, 0.29) is 0 Å². The van der Waals surface area contributed by atoms with Crippen LogP contribution in [0.2, 0.25) is 5.02 Å². The summed E-state index contributed by atoms with van der Waals surface area (Å²) in [5.74, 6) is 0.707. The third-order valence-electron chi connectivity index (χ3n) is 6.15. The zero-order valence-electron chi connectivity index (χ0n) is 18.3. The predicted molar refractivity (Wildman–Crippen MR) is 127 cm³/mol. The van der Waals surface area contributed by atoms with Gasteiger partial charge >= 0.3 is 0 Å². The van der Waals surface area contributed by atoms with Gasteiger partial charge in [0.2, 0.25) is 0 Å². The SMILES string of the molecule is N#CNC(NCc1ncn2ccc(Cl)cc12)c1cnn(Cc2cn3cc(C4CC4)ccc3n2)c1. The quantitative estimate of drug-likeness (QED) is 0.204. The average Bonchev–Trinajstić information content (AvgIpc) is 3.26. The summed E-state index contributed by atoms with van der Waals surface area (Å²) in [6.07, 6.45) is 15.7. The van der Waals surface area contributed by atoms with Gasteiger partial charge in [0.05, 0.1) is 36.0 Å². The van der Waals surface area contributed by atoms with Gasteiger partial charge in [-0.3, -0.25) is 10.00 Å². The number of hydrogen-bond acceptors (Lipinski definition) is 6. The molecule has 0 aromatic carbocycles. The molecule has 0 aliphatic heterocycles. The van der Waals surface area contributed by atoms with Crippen molar-refractivity contribution in [2.75, 3.05) is 0 Å². The summed E-state index contributed by atoms with van der Waals surface area (Å²) >= 11 is 6.14. The lowest BCUT2D eigenvalue weighted by atomic mass is 10.2. The topological polar surface area (TPSA) is 100 Å². The smallest absolute Gasteiger partial charge is 0.178 e. The lowest BCUT2D eigenvalue weighted by Gasteiger charge is -2.15. The Bertz CT molecular complexity index is 1520. The number of nitrogens with one attached hydrogen (secondary N) is 2. The van der Waals surface area contributed by atoms with E-state index in [0.29, 0.717) is 24.0 Å². The summed E-state index contributed by atoms with van der Waals surface area (Å²) in [4.78, 5) is 9.19. The third-order valence-corrected chi connectivity index (χ3v) is 6.38. The van der Waals surface area contributed by atoms with Gasteiger partial charge in [-0.1, -0.05) is 17.7 Å². The van der Waals surface area contributed by atoms with Gasteiger partial charge in [-0.05, 0) is 42.5 Å². The fourth-order valence-corrected chi connectivity index (χ4v) is 4.40. The first kappa shape index (κ1) is 20.7. The maximum absolute atomic E-state index is 9.27. The number of imidazole rings is 2. The summed E-state index contributed by atoms with van der Waals surface area (Å²) in [7, 11) is 0. The molecule has 5 heterocycles. The second-order valence-electron chi connectivity index (χ2n) is 8.60. The van der Waals surface area contributed by atoms with E-state index >= 15 is 0 Å². The fraction of sp³-hybridized carbons (Fsp3) is 0.250. The fourth-order valence-electron chi connectivity index (χ4n) is 4.24. The van der Waals surface area contributed by atoms with Crippen molar-refractivity contribution in [2.45, 2.75) is 38.0 Å². The first-order chi connectivity index (χ1) is 16.7. The summed E-state index contributed by atoms with van der Waals surface area (Å²) in [6.45, 7) is 1.00. The van der Waals surface area contributed by atoms with E-state index in [0.717, 1.165) is 28.1 Å². The van der Waals surface area contributed by atoms with Crippen LogP contribution in [0.5, 0.6) is 0 Å². The largest absolute Gasteiger partial charge is 0.306 e. The summed E-state index contributed by atoms with van der Waals surface area (Å²) in [5.41, 5.74) is 5.86. The van der Waals surface area contributed by atoms with Gasteiger partial charge in [-0.2, -0.15) is 10.4 Å². The molecule has 0 bridgehead atoms. The standard InChI is InChI=1S/C24H22ClN9/c25-19-5-6-32-15-29-21(22(32)7-19)9-27-24(28-14-26)18-8-30-34(11-18)13-20-12-33-10-17(16-1-2-16)3-4-23(33)31-20/h3-8,10-12,15-16,24,27-28H,1-2,9,13H2. The van der Waals surface area contributed by atoms with Crippen LogP contribution in [-0.2, 0) is 13.1 Å². The molecule has 2 N–H and O–H groups in total. The van der Waals surface area contributed by atoms with Gasteiger partial charge < -0.3 is 14.1 Å². The monoisotopic (exact) mass is 471 g/mol. The molecule has 1 aliphatic rings. The van der Waals surface area contributed by atoms with Gasteiger partial charge in [0.15, 0.2) is 6.19 Å². The molecule has 1 saturated carbocycles. The Hall–Kier alpha value is -3.87. The van der Waals surface area contributed by atoms with Crippen LogP contribution in [0.3, 0.4) is 0 Å². The number of aromatic nitrogens is 6. The van der Waals surface area contributed by atoms with E-state index in [1.54, 1.807) is 12.5 Å². The van der Waals surface area contributed by atoms with Crippen LogP contribution < -0.4 is 10.6 Å². The maximum atomic E-state index is 9.27. The van der Waals surface area contributed by atoms with E-state index in [9.17, 15) is 5.26 Å². The number of pyridine rings is 2. The molecule has 5 aromatic rings. The molecule has 1 aliphatic carbocycles. The van der Waals surface area contributed by atoms with Crippen LogP contribution >= 0.6 is 11.6 Å². The Morgan fingerprint density at radius 2 is 2.09 bits per heavy atom. The van der Waals surface area contributed by atoms with Crippen molar-refractivity contribution in [3.05, 3.63) is 89.1 Å².